The first-order chi connectivity index (χ1) is 4.63. The molecule has 0 rings (SSSR count). The predicted molar refractivity (Wildman–Crippen MR) is 25.6 cm³/mol. The second-order valence-electron chi connectivity index (χ2n) is 1.07. The summed E-state index contributed by atoms with van der Waals surface area (Å²) < 4.78 is 0. The smallest absolute Gasteiger partial charge is 0.537 e. The van der Waals surface area contributed by atoms with Crippen LogP contribution in [0.5, 0.6) is 0 Å². The van der Waals surface area contributed by atoms with E-state index in [-0.39, 0.29) is 59.1 Å². The maximum atomic E-state index is 9.53. The summed E-state index contributed by atoms with van der Waals surface area (Å²) in [5, 5.41) is 19.1. The minimum Gasteiger partial charge on any atom is -0.537 e. The third kappa shape index (κ3) is 16.6. The minimum atomic E-state index is -1.60. The molecule has 4 nitrogen and oxygen atoms in total. The van der Waals surface area contributed by atoms with Crippen LogP contribution in [0.1, 0.15) is 0 Å². The van der Waals surface area contributed by atoms with Crippen molar-refractivity contribution < 1.29 is 78.9 Å². The van der Waals surface area contributed by atoms with Gasteiger partial charge in [0.15, 0.2) is 0 Å². The van der Waals surface area contributed by atoms with E-state index in [0.29, 0.717) is 0 Å². The summed E-state index contributed by atoms with van der Waals surface area (Å²) in [7, 11) is 0. The van der Waals surface area contributed by atoms with Gasteiger partial charge < -0.3 is 19.8 Å². The largest absolute Gasteiger partial charge is 1.00 e. The molecule has 0 atom stereocenters. The second kappa shape index (κ2) is 11.1. The average Bonchev–Trinajstić information content (AvgIpc) is 1.79. The fraction of sp³-hybridized carbons (Fsp3) is 0. The van der Waals surface area contributed by atoms with Crippen LogP contribution in [0, 0.1) is 23.7 Å². The molecule has 50 valence electrons. The van der Waals surface area contributed by atoms with E-state index in [1.807, 2.05) is 0 Å². The molecule has 0 bridgehead atoms. The van der Waals surface area contributed by atoms with Gasteiger partial charge in [0.25, 0.3) is 0 Å². The number of carbonyl (C=O) groups excluding carboxylic acids is 2. The average molecular weight is 182 g/mol. The Morgan fingerprint density at radius 3 is 1.25 bits per heavy atom. The van der Waals surface area contributed by atoms with E-state index in [0.717, 1.165) is 0 Å². The molecule has 0 unspecified atom stereocenters. The number of carbonyl (C=O) groups is 2. The van der Waals surface area contributed by atoms with Crippen LogP contribution < -0.4 is 69.3 Å². The Kier molecular flexibility index (Phi) is 16.6. The van der Waals surface area contributed by atoms with Crippen LogP contribution in [0.3, 0.4) is 0 Å². The zero-order chi connectivity index (χ0) is 7.98. The van der Waals surface area contributed by atoms with E-state index in [1.54, 1.807) is 11.8 Å². The molecule has 0 aromatic heterocycles. The summed E-state index contributed by atoms with van der Waals surface area (Å²) in [6.45, 7) is 0. The molecule has 0 aliphatic rings. The van der Waals surface area contributed by atoms with Crippen LogP contribution in [-0.4, -0.2) is 11.9 Å². The van der Waals surface area contributed by atoms with Gasteiger partial charge in [0, 0.05) is 0 Å². The number of hydrogen-bond acceptors (Lipinski definition) is 4. The summed E-state index contributed by atoms with van der Waals surface area (Å²) >= 11 is 0. The topological polar surface area (TPSA) is 80.3 Å². The SMILES string of the molecule is O=C([O-])C#CC#CC(=O)[O-].[Na+].[Na+]. The molecule has 0 aromatic carbocycles. The Hall–Kier alpha value is 0.0600. The van der Waals surface area contributed by atoms with Crippen LogP contribution in [0.25, 0.3) is 0 Å². The van der Waals surface area contributed by atoms with Crippen LogP contribution in [0.15, 0.2) is 0 Å². The van der Waals surface area contributed by atoms with E-state index in [1.165, 1.54) is 11.8 Å². The zero-order valence-electron chi connectivity index (χ0n) is 6.63. The molecule has 0 radical (unpaired) electrons. The van der Waals surface area contributed by atoms with Gasteiger partial charge in [-0.05, 0) is 23.7 Å². The summed E-state index contributed by atoms with van der Waals surface area (Å²) in [4.78, 5) is 19.1. The molecule has 0 aromatic rings. The van der Waals surface area contributed by atoms with Crippen molar-refractivity contribution in [3.05, 3.63) is 0 Å². The fourth-order valence-electron chi connectivity index (χ4n) is 0.165. The van der Waals surface area contributed by atoms with E-state index >= 15 is 0 Å². The van der Waals surface area contributed by atoms with Crippen molar-refractivity contribution in [1.29, 1.82) is 0 Å². The van der Waals surface area contributed by atoms with Crippen LogP contribution >= 0.6 is 0 Å². The Bertz CT molecular complexity index is 245. The maximum Gasteiger partial charge on any atom is 1.00 e. The van der Waals surface area contributed by atoms with Crippen molar-refractivity contribution in [1.82, 2.24) is 0 Å². The predicted octanol–water partition coefficient (Wildman–Crippen LogP) is -9.50. The first-order valence-corrected chi connectivity index (χ1v) is 2.07. The van der Waals surface area contributed by atoms with E-state index in [2.05, 4.69) is 0 Å². The monoisotopic (exact) mass is 182 g/mol. The van der Waals surface area contributed by atoms with Crippen molar-refractivity contribution in [2.75, 3.05) is 0 Å². The van der Waals surface area contributed by atoms with Gasteiger partial charge in [-0.1, -0.05) is 0 Å². The molecule has 0 spiro atoms. The Balaban J connectivity index is -0.000000405. The van der Waals surface area contributed by atoms with Crippen LogP contribution in [0.2, 0.25) is 0 Å². The maximum absolute atomic E-state index is 9.53. The number of carboxylic acids is 2. The summed E-state index contributed by atoms with van der Waals surface area (Å²) in [6.07, 6.45) is 0. The van der Waals surface area contributed by atoms with Gasteiger partial charge in [-0.3, -0.25) is 0 Å². The summed E-state index contributed by atoms with van der Waals surface area (Å²) in [5.74, 6) is 3.22. The Morgan fingerprint density at radius 2 is 1.08 bits per heavy atom. The Morgan fingerprint density at radius 1 is 0.833 bits per heavy atom. The Labute approximate surface area is 113 Å². The van der Waals surface area contributed by atoms with Gasteiger partial charge in [-0.2, -0.15) is 0 Å². The summed E-state index contributed by atoms with van der Waals surface area (Å²) in [6, 6.07) is 0. The van der Waals surface area contributed by atoms with Crippen molar-refractivity contribution >= 4 is 11.9 Å². The first kappa shape index (κ1) is 18.0. The molecule has 0 amide bonds. The quantitative estimate of drug-likeness (QED) is 0.275. The first-order valence-electron chi connectivity index (χ1n) is 2.07. The molecule has 0 saturated heterocycles. The van der Waals surface area contributed by atoms with Gasteiger partial charge in [0.05, 0.1) is 0 Å². The van der Waals surface area contributed by atoms with Crippen LogP contribution in [0.4, 0.5) is 0 Å². The fourth-order valence-corrected chi connectivity index (χ4v) is 0.165. The van der Waals surface area contributed by atoms with Gasteiger partial charge >= 0.3 is 59.1 Å². The van der Waals surface area contributed by atoms with Crippen LogP contribution in [-0.2, 0) is 9.59 Å². The number of rotatable bonds is 0. The van der Waals surface area contributed by atoms with Gasteiger partial charge in [-0.25, -0.2) is 0 Å². The second-order valence-corrected chi connectivity index (χ2v) is 1.07. The number of carboxylic acid groups (broad SMARTS) is 2. The number of aliphatic carboxylic acids is 2. The number of hydrogen-bond donors (Lipinski definition) is 0. The molecule has 0 saturated carbocycles. The molecule has 12 heavy (non-hydrogen) atoms. The van der Waals surface area contributed by atoms with Crippen molar-refractivity contribution in [3.8, 4) is 23.7 Å². The standard InChI is InChI=1S/C6H2O4.2Na/c7-5(8)3-1-2-4-6(9)10;;/h(H,7,8)(H,9,10);;/q;2*+1/p-2. The molecule has 0 aliphatic carbocycles. The molecule has 0 heterocycles. The van der Waals surface area contributed by atoms with E-state index < -0.39 is 11.9 Å². The van der Waals surface area contributed by atoms with Gasteiger partial charge in [0.2, 0.25) is 0 Å². The molecule has 0 N–H and O–H groups in total. The molecule has 6 heteroatoms. The van der Waals surface area contributed by atoms with Gasteiger partial charge in [0.1, 0.15) is 11.9 Å². The van der Waals surface area contributed by atoms with Crippen molar-refractivity contribution in [3.63, 3.8) is 0 Å². The normalized spacial score (nSPS) is 5.00. The van der Waals surface area contributed by atoms with Crippen molar-refractivity contribution in [2.45, 2.75) is 0 Å². The molecule has 0 aliphatic heterocycles. The molecular formula is C6Na2O4. The third-order valence-corrected chi connectivity index (χ3v) is 0.392. The summed E-state index contributed by atoms with van der Waals surface area (Å²) in [5.41, 5.74) is 0. The minimum absolute atomic E-state index is 0. The third-order valence-electron chi connectivity index (χ3n) is 0.392. The molecule has 0 fully saturated rings. The van der Waals surface area contributed by atoms with E-state index in [9.17, 15) is 19.8 Å². The van der Waals surface area contributed by atoms with Gasteiger partial charge in [-0.15, -0.1) is 0 Å². The van der Waals surface area contributed by atoms with Crippen molar-refractivity contribution in [2.24, 2.45) is 0 Å². The van der Waals surface area contributed by atoms with E-state index in [4.69, 9.17) is 0 Å². The zero-order valence-corrected chi connectivity index (χ0v) is 10.6. The molecular weight excluding hydrogens is 182 g/mol.